The molecule has 2 heterocycles. The maximum Gasteiger partial charge on any atom is 0.113 e. The molecule has 1 aliphatic rings. The molecule has 66 valence electrons. The fourth-order valence-corrected chi connectivity index (χ4v) is 1.95. The minimum Gasteiger partial charge on any atom is -0.335 e. The Labute approximate surface area is 72.6 Å². The Balaban J connectivity index is 2.31. The summed E-state index contributed by atoms with van der Waals surface area (Å²) in [6.45, 7) is 3.17. The zero-order valence-electron chi connectivity index (χ0n) is 7.40. The van der Waals surface area contributed by atoms with Crippen molar-refractivity contribution in [2.75, 3.05) is 0 Å². The van der Waals surface area contributed by atoms with E-state index in [1.54, 1.807) is 0 Å². The third-order valence-electron chi connectivity index (χ3n) is 2.63. The monoisotopic (exact) mass is 165 g/mol. The van der Waals surface area contributed by atoms with Gasteiger partial charge in [-0.1, -0.05) is 0 Å². The quantitative estimate of drug-likeness (QED) is 0.677. The van der Waals surface area contributed by atoms with Crippen molar-refractivity contribution in [1.82, 2.24) is 9.55 Å². The summed E-state index contributed by atoms with van der Waals surface area (Å²) in [5.74, 6) is 1.64. The zero-order chi connectivity index (χ0) is 8.55. The highest BCUT2D eigenvalue weighted by Crippen LogP contribution is 2.27. The first kappa shape index (κ1) is 7.80. The highest BCUT2D eigenvalue weighted by Gasteiger charge is 2.23. The number of nitrogens with two attached hydrogens (primary N) is 1. The second kappa shape index (κ2) is 2.90. The van der Waals surface area contributed by atoms with Gasteiger partial charge in [-0.2, -0.15) is 0 Å². The number of hydrogen-bond acceptors (Lipinski definition) is 2. The van der Waals surface area contributed by atoms with Crippen molar-refractivity contribution in [3.05, 3.63) is 18.2 Å². The molecule has 0 fully saturated rings. The van der Waals surface area contributed by atoms with Crippen molar-refractivity contribution < 1.29 is 0 Å². The van der Waals surface area contributed by atoms with Gasteiger partial charge in [0.05, 0.1) is 0 Å². The second-order valence-corrected chi connectivity index (χ2v) is 3.59. The van der Waals surface area contributed by atoms with Crippen LogP contribution in [-0.4, -0.2) is 15.6 Å². The highest BCUT2D eigenvalue weighted by atomic mass is 15.1. The summed E-state index contributed by atoms with van der Waals surface area (Å²) in [7, 11) is 0. The van der Waals surface area contributed by atoms with Gasteiger partial charge in [-0.05, 0) is 19.8 Å². The van der Waals surface area contributed by atoms with Gasteiger partial charge in [0.1, 0.15) is 5.82 Å². The van der Waals surface area contributed by atoms with E-state index in [4.69, 9.17) is 5.73 Å². The maximum absolute atomic E-state index is 5.89. The molecule has 0 spiro atoms. The minimum atomic E-state index is 0.228. The molecule has 1 aromatic heterocycles. The lowest BCUT2D eigenvalue weighted by molar-refractivity contribution is 0.403. The largest absolute Gasteiger partial charge is 0.335 e. The molecule has 0 amide bonds. The molecule has 0 aromatic carbocycles. The van der Waals surface area contributed by atoms with Gasteiger partial charge >= 0.3 is 0 Å². The number of imidazole rings is 1. The first-order chi connectivity index (χ1) is 5.79. The number of rotatable bonds is 1. The molecule has 3 nitrogen and oxygen atoms in total. The Hall–Kier alpha value is -0.830. The van der Waals surface area contributed by atoms with Crippen LogP contribution in [0.3, 0.4) is 0 Å². The van der Waals surface area contributed by atoms with Gasteiger partial charge < -0.3 is 10.3 Å². The van der Waals surface area contributed by atoms with Crippen LogP contribution in [0.25, 0.3) is 0 Å². The molecule has 0 saturated heterocycles. The molecule has 0 bridgehead atoms. The topological polar surface area (TPSA) is 43.8 Å². The molecule has 12 heavy (non-hydrogen) atoms. The Bertz CT molecular complexity index is 264. The fourth-order valence-electron chi connectivity index (χ4n) is 1.95. The van der Waals surface area contributed by atoms with Crippen LogP contribution in [0.1, 0.15) is 31.5 Å². The van der Waals surface area contributed by atoms with E-state index in [1.165, 1.54) is 18.7 Å². The molecule has 2 unspecified atom stereocenters. The van der Waals surface area contributed by atoms with Gasteiger partial charge in [0, 0.05) is 30.9 Å². The normalized spacial score (nSPS) is 25.0. The van der Waals surface area contributed by atoms with E-state index >= 15 is 0 Å². The molecule has 2 N–H and O–H groups in total. The van der Waals surface area contributed by atoms with Crippen LogP contribution >= 0.6 is 0 Å². The summed E-state index contributed by atoms with van der Waals surface area (Å²) in [5.41, 5.74) is 5.89. The summed E-state index contributed by atoms with van der Waals surface area (Å²) >= 11 is 0. The molecular weight excluding hydrogens is 150 g/mol. The lowest BCUT2D eigenvalue weighted by Crippen LogP contribution is -2.30. The number of fused-ring (bicyclic) bond motifs is 1. The van der Waals surface area contributed by atoms with Gasteiger partial charge in [-0.25, -0.2) is 4.98 Å². The van der Waals surface area contributed by atoms with Crippen molar-refractivity contribution in [1.29, 1.82) is 0 Å². The van der Waals surface area contributed by atoms with Crippen molar-refractivity contribution in [3.63, 3.8) is 0 Å². The number of nitrogens with zero attached hydrogens (tertiary/aromatic N) is 2. The Morgan fingerprint density at radius 1 is 1.75 bits per heavy atom. The fraction of sp³-hybridized carbons (Fsp3) is 0.667. The zero-order valence-corrected chi connectivity index (χ0v) is 7.40. The van der Waals surface area contributed by atoms with E-state index < -0.39 is 0 Å². The SMILES string of the molecule is CC(N)C1CCCn2ccnc21. The average molecular weight is 165 g/mol. The predicted octanol–water partition coefficient (Wildman–Crippen LogP) is 1.11. The number of aryl methyl sites for hydroxylation is 1. The first-order valence-corrected chi connectivity index (χ1v) is 4.55. The van der Waals surface area contributed by atoms with Crippen molar-refractivity contribution >= 4 is 0 Å². The van der Waals surface area contributed by atoms with E-state index in [1.807, 2.05) is 12.4 Å². The van der Waals surface area contributed by atoms with E-state index in [9.17, 15) is 0 Å². The van der Waals surface area contributed by atoms with E-state index in [2.05, 4.69) is 16.5 Å². The standard InChI is InChI=1S/C9H15N3/c1-7(10)8-3-2-5-12-6-4-11-9(8)12/h4,6-8H,2-3,5,10H2,1H3. The number of aromatic nitrogens is 2. The summed E-state index contributed by atoms with van der Waals surface area (Å²) in [6, 6.07) is 0.228. The van der Waals surface area contributed by atoms with Gasteiger partial charge in [0.25, 0.3) is 0 Å². The van der Waals surface area contributed by atoms with Crippen molar-refractivity contribution in [2.45, 2.75) is 38.3 Å². The van der Waals surface area contributed by atoms with Crippen LogP contribution in [-0.2, 0) is 6.54 Å². The maximum atomic E-state index is 5.89. The van der Waals surface area contributed by atoms with Gasteiger partial charge in [0.2, 0.25) is 0 Å². The summed E-state index contributed by atoms with van der Waals surface area (Å²) < 4.78 is 2.22. The molecule has 2 rings (SSSR count). The summed E-state index contributed by atoms with van der Waals surface area (Å²) in [6.07, 6.45) is 6.34. The molecule has 1 aliphatic heterocycles. The smallest absolute Gasteiger partial charge is 0.113 e. The van der Waals surface area contributed by atoms with Crippen molar-refractivity contribution in [3.8, 4) is 0 Å². The van der Waals surface area contributed by atoms with Gasteiger partial charge in [0.15, 0.2) is 0 Å². The Morgan fingerprint density at radius 2 is 2.58 bits per heavy atom. The molecule has 3 heteroatoms. The minimum absolute atomic E-state index is 0.228. The van der Waals surface area contributed by atoms with Crippen LogP contribution in [0.2, 0.25) is 0 Å². The van der Waals surface area contributed by atoms with Crippen LogP contribution in [0.4, 0.5) is 0 Å². The number of hydrogen-bond donors (Lipinski definition) is 1. The lowest BCUT2D eigenvalue weighted by atomic mass is 9.93. The van der Waals surface area contributed by atoms with Gasteiger partial charge in [-0.3, -0.25) is 0 Å². The Kier molecular flexibility index (Phi) is 1.89. The molecule has 0 radical (unpaired) electrons. The second-order valence-electron chi connectivity index (χ2n) is 3.59. The molecule has 0 saturated carbocycles. The summed E-state index contributed by atoms with van der Waals surface area (Å²) in [4.78, 5) is 4.34. The molecule has 2 atom stereocenters. The third kappa shape index (κ3) is 1.14. The average Bonchev–Trinajstić information content (AvgIpc) is 2.49. The van der Waals surface area contributed by atoms with E-state index in [-0.39, 0.29) is 6.04 Å². The highest BCUT2D eigenvalue weighted by molar-refractivity contribution is 5.05. The van der Waals surface area contributed by atoms with Gasteiger partial charge in [-0.15, -0.1) is 0 Å². The van der Waals surface area contributed by atoms with Crippen LogP contribution in [0, 0.1) is 0 Å². The van der Waals surface area contributed by atoms with Crippen LogP contribution < -0.4 is 5.73 Å². The van der Waals surface area contributed by atoms with E-state index in [0.717, 1.165) is 6.54 Å². The molecular formula is C9H15N3. The molecule has 0 aliphatic carbocycles. The summed E-state index contributed by atoms with van der Waals surface area (Å²) in [5, 5.41) is 0. The molecule has 1 aromatic rings. The van der Waals surface area contributed by atoms with Crippen molar-refractivity contribution in [2.24, 2.45) is 5.73 Å². The van der Waals surface area contributed by atoms with E-state index in [0.29, 0.717) is 5.92 Å². The first-order valence-electron chi connectivity index (χ1n) is 4.55. The van der Waals surface area contributed by atoms with Crippen LogP contribution in [0.15, 0.2) is 12.4 Å². The Morgan fingerprint density at radius 3 is 3.33 bits per heavy atom. The van der Waals surface area contributed by atoms with Crippen LogP contribution in [0.5, 0.6) is 0 Å². The predicted molar refractivity (Wildman–Crippen MR) is 47.9 cm³/mol. The third-order valence-corrected chi connectivity index (χ3v) is 2.63. The lowest BCUT2D eigenvalue weighted by Gasteiger charge is -2.25.